The fourth-order valence-corrected chi connectivity index (χ4v) is 1.55. The van der Waals surface area contributed by atoms with Crippen LogP contribution in [0, 0.1) is 5.82 Å². The van der Waals surface area contributed by atoms with E-state index >= 15 is 0 Å². The molecule has 2 rings (SSSR count). The minimum Gasteiger partial charge on any atom is -0.504 e. The number of benzene rings is 1. The third-order valence-electron chi connectivity index (χ3n) is 2.47. The summed E-state index contributed by atoms with van der Waals surface area (Å²) in [5.41, 5.74) is -0.890. The van der Waals surface area contributed by atoms with Crippen LogP contribution < -0.4 is 4.74 Å². The Bertz CT molecular complexity index is 653. The first-order valence-corrected chi connectivity index (χ1v) is 5.03. The third kappa shape index (κ3) is 2.03. The van der Waals surface area contributed by atoms with Gasteiger partial charge in [-0.05, 0) is 6.07 Å². The molecule has 0 atom stereocenters. The molecular weight excluding hydrogens is 259 g/mol. The topological polar surface area (TPSA) is 116 Å². The zero-order valence-electron chi connectivity index (χ0n) is 9.64. The molecule has 19 heavy (non-hydrogen) atoms. The standard InChI is InChI=1S/C11H9FN2O5/c1-19-7-3-6(15)10(16)8(9(7)12)4-2-5(11(17)18)14-13-4/h2-3,15-16H,1H3,(H,13,14)(H,17,18). The number of phenols is 2. The second-order valence-corrected chi connectivity index (χ2v) is 3.61. The van der Waals surface area contributed by atoms with E-state index in [-0.39, 0.29) is 17.1 Å². The van der Waals surface area contributed by atoms with Gasteiger partial charge in [-0.3, -0.25) is 5.10 Å². The maximum absolute atomic E-state index is 14.0. The van der Waals surface area contributed by atoms with Crippen molar-refractivity contribution in [2.24, 2.45) is 0 Å². The molecule has 0 saturated heterocycles. The number of methoxy groups -OCH3 is 1. The molecule has 7 nitrogen and oxygen atoms in total. The summed E-state index contributed by atoms with van der Waals surface area (Å²) in [7, 11) is 1.19. The first-order chi connectivity index (χ1) is 8.95. The molecule has 0 fully saturated rings. The highest BCUT2D eigenvalue weighted by Crippen LogP contribution is 2.42. The predicted molar refractivity (Wildman–Crippen MR) is 60.8 cm³/mol. The maximum Gasteiger partial charge on any atom is 0.353 e. The molecule has 1 heterocycles. The van der Waals surface area contributed by atoms with E-state index in [0.717, 1.165) is 12.1 Å². The Balaban J connectivity index is 2.66. The fraction of sp³-hybridized carbons (Fsp3) is 0.0909. The monoisotopic (exact) mass is 268 g/mol. The number of nitrogens with one attached hydrogen (secondary N) is 1. The summed E-state index contributed by atoms with van der Waals surface area (Å²) in [5.74, 6) is -3.90. The number of halogens is 1. The first kappa shape index (κ1) is 12.7. The quantitative estimate of drug-likeness (QED) is 0.624. The number of H-pyrrole nitrogens is 1. The minimum atomic E-state index is -1.29. The number of aromatic amines is 1. The van der Waals surface area contributed by atoms with Gasteiger partial charge in [-0.1, -0.05) is 0 Å². The second-order valence-electron chi connectivity index (χ2n) is 3.61. The number of hydrogen-bond donors (Lipinski definition) is 4. The van der Waals surface area contributed by atoms with Crippen molar-refractivity contribution >= 4 is 5.97 Å². The largest absolute Gasteiger partial charge is 0.504 e. The average Bonchev–Trinajstić information content (AvgIpc) is 2.83. The van der Waals surface area contributed by atoms with Gasteiger partial charge in [-0.15, -0.1) is 0 Å². The number of aromatic hydroxyl groups is 2. The van der Waals surface area contributed by atoms with Crippen LogP contribution in [0.5, 0.6) is 17.2 Å². The molecule has 0 unspecified atom stereocenters. The van der Waals surface area contributed by atoms with Crippen LogP contribution in [0.25, 0.3) is 11.3 Å². The van der Waals surface area contributed by atoms with Crippen molar-refractivity contribution in [2.45, 2.75) is 0 Å². The Kier molecular flexibility index (Phi) is 2.99. The van der Waals surface area contributed by atoms with Crippen molar-refractivity contribution in [3.05, 3.63) is 23.6 Å². The van der Waals surface area contributed by atoms with E-state index in [2.05, 4.69) is 10.2 Å². The van der Waals surface area contributed by atoms with Crippen molar-refractivity contribution in [3.8, 4) is 28.5 Å². The first-order valence-electron chi connectivity index (χ1n) is 5.03. The highest BCUT2D eigenvalue weighted by molar-refractivity contribution is 5.87. The van der Waals surface area contributed by atoms with E-state index in [1.54, 1.807) is 0 Å². The number of hydrogen-bond acceptors (Lipinski definition) is 5. The van der Waals surface area contributed by atoms with Gasteiger partial charge in [0.05, 0.1) is 18.4 Å². The Morgan fingerprint density at radius 3 is 2.63 bits per heavy atom. The molecule has 8 heteroatoms. The van der Waals surface area contributed by atoms with E-state index in [1.165, 1.54) is 7.11 Å². The summed E-state index contributed by atoms with van der Waals surface area (Å²) >= 11 is 0. The number of ether oxygens (including phenoxy) is 1. The average molecular weight is 268 g/mol. The molecule has 4 N–H and O–H groups in total. The van der Waals surface area contributed by atoms with Crippen LogP contribution in [0.2, 0.25) is 0 Å². The molecule has 0 spiro atoms. The van der Waals surface area contributed by atoms with Crippen LogP contribution in [0.3, 0.4) is 0 Å². The van der Waals surface area contributed by atoms with Crippen LogP contribution in [0.4, 0.5) is 4.39 Å². The molecular formula is C11H9FN2O5. The normalized spacial score (nSPS) is 10.4. The minimum absolute atomic E-state index is 0.165. The lowest BCUT2D eigenvalue weighted by Gasteiger charge is -2.09. The van der Waals surface area contributed by atoms with Gasteiger partial charge < -0.3 is 20.1 Å². The molecule has 0 saturated carbocycles. The molecule has 0 aliphatic rings. The molecule has 0 aliphatic heterocycles. The summed E-state index contributed by atoms with van der Waals surface area (Å²) in [6.45, 7) is 0. The van der Waals surface area contributed by atoms with Gasteiger partial charge in [0.2, 0.25) is 0 Å². The smallest absolute Gasteiger partial charge is 0.353 e. The van der Waals surface area contributed by atoms with Crippen molar-refractivity contribution in [3.63, 3.8) is 0 Å². The molecule has 2 aromatic rings. The van der Waals surface area contributed by atoms with Crippen LogP contribution in [0.1, 0.15) is 10.5 Å². The van der Waals surface area contributed by atoms with E-state index in [0.29, 0.717) is 0 Å². The highest BCUT2D eigenvalue weighted by Gasteiger charge is 2.22. The molecule has 100 valence electrons. The Morgan fingerprint density at radius 2 is 2.11 bits per heavy atom. The van der Waals surface area contributed by atoms with Crippen LogP contribution >= 0.6 is 0 Å². The number of phenolic OH excluding ortho intramolecular Hbond substituents is 2. The van der Waals surface area contributed by atoms with Crippen LogP contribution in [0.15, 0.2) is 12.1 Å². The Labute approximate surface area is 105 Å². The van der Waals surface area contributed by atoms with E-state index < -0.39 is 28.8 Å². The third-order valence-corrected chi connectivity index (χ3v) is 2.47. The summed E-state index contributed by atoms with van der Waals surface area (Å²) < 4.78 is 18.7. The Hall–Kier alpha value is -2.77. The summed E-state index contributed by atoms with van der Waals surface area (Å²) in [6, 6.07) is 1.93. The molecule has 1 aromatic carbocycles. The van der Waals surface area contributed by atoms with Gasteiger partial charge >= 0.3 is 5.97 Å². The Morgan fingerprint density at radius 1 is 1.42 bits per heavy atom. The van der Waals surface area contributed by atoms with Crippen molar-refractivity contribution in [1.82, 2.24) is 10.2 Å². The number of carbonyl (C=O) groups is 1. The number of carboxylic acid groups (broad SMARTS) is 1. The highest BCUT2D eigenvalue weighted by atomic mass is 19.1. The van der Waals surface area contributed by atoms with Gasteiger partial charge in [-0.25, -0.2) is 9.18 Å². The zero-order valence-corrected chi connectivity index (χ0v) is 9.64. The van der Waals surface area contributed by atoms with Gasteiger partial charge in [0, 0.05) is 6.07 Å². The zero-order chi connectivity index (χ0) is 14.2. The van der Waals surface area contributed by atoms with E-state index in [1.807, 2.05) is 0 Å². The van der Waals surface area contributed by atoms with Crippen molar-refractivity contribution in [2.75, 3.05) is 7.11 Å². The number of nitrogens with zero attached hydrogens (tertiary/aromatic N) is 1. The summed E-state index contributed by atoms with van der Waals surface area (Å²) in [6.07, 6.45) is 0. The van der Waals surface area contributed by atoms with Crippen LogP contribution in [-0.2, 0) is 0 Å². The summed E-state index contributed by atoms with van der Waals surface area (Å²) in [4.78, 5) is 10.7. The van der Waals surface area contributed by atoms with Crippen LogP contribution in [-0.4, -0.2) is 38.6 Å². The van der Waals surface area contributed by atoms with E-state index in [4.69, 9.17) is 9.84 Å². The van der Waals surface area contributed by atoms with Crippen molar-refractivity contribution in [1.29, 1.82) is 0 Å². The van der Waals surface area contributed by atoms with Crippen molar-refractivity contribution < 1.29 is 29.2 Å². The number of rotatable bonds is 3. The number of aromatic carboxylic acids is 1. The molecule has 0 bridgehead atoms. The lowest BCUT2D eigenvalue weighted by molar-refractivity contribution is 0.0690. The van der Waals surface area contributed by atoms with Gasteiger partial charge in [0.25, 0.3) is 0 Å². The second kappa shape index (κ2) is 4.48. The lowest BCUT2D eigenvalue weighted by atomic mass is 10.1. The summed E-state index contributed by atoms with van der Waals surface area (Å²) in [5, 5.41) is 33.6. The van der Waals surface area contributed by atoms with Gasteiger partial charge in [0.15, 0.2) is 23.1 Å². The van der Waals surface area contributed by atoms with E-state index in [9.17, 15) is 19.4 Å². The lowest BCUT2D eigenvalue weighted by Crippen LogP contribution is -1.95. The molecule has 0 radical (unpaired) electrons. The number of carboxylic acids is 1. The SMILES string of the molecule is COc1cc(O)c(O)c(-c2cc(C(=O)O)[nH]n2)c1F. The fourth-order valence-electron chi connectivity index (χ4n) is 1.55. The number of aromatic nitrogens is 2. The maximum atomic E-state index is 14.0. The van der Waals surface area contributed by atoms with Gasteiger partial charge in [0.1, 0.15) is 5.69 Å². The molecule has 1 aromatic heterocycles. The molecule has 0 amide bonds. The molecule has 0 aliphatic carbocycles. The van der Waals surface area contributed by atoms with Gasteiger partial charge in [-0.2, -0.15) is 5.10 Å². The predicted octanol–water partition coefficient (Wildman–Crippen LogP) is 1.33.